The Morgan fingerprint density at radius 3 is 2.64 bits per heavy atom. The minimum atomic E-state index is -0.927. The molecule has 0 bridgehead atoms. The smallest absolute Gasteiger partial charge is 0.354 e. The summed E-state index contributed by atoms with van der Waals surface area (Å²) in [4.78, 5) is 12.8. The van der Waals surface area contributed by atoms with Crippen LogP contribution in [0.2, 0.25) is 0 Å². The van der Waals surface area contributed by atoms with Crippen LogP contribution in [-0.4, -0.2) is 39.9 Å². The van der Waals surface area contributed by atoms with Crippen molar-refractivity contribution < 1.29 is 9.90 Å². The molecule has 5 nitrogen and oxygen atoms in total. The lowest BCUT2D eigenvalue weighted by Crippen LogP contribution is -2.11. The van der Waals surface area contributed by atoms with Crippen LogP contribution in [-0.2, 0) is 13.1 Å². The number of aromatic carboxylic acids is 1. The first-order valence-electron chi connectivity index (χ1n) is 4.49. The van der Waals surface area contributed by atoms with Gasteiger partial charge in [0.2, 0.25) is 0 Å². The van der Waals surface area contributed by atoms with Crippen LogP contribution < -0.4 is 0 Å². The molecule has 0 aliphatic carbocycles. The van der Waals surface area contributed by atoms with E-state index < -0.39 is 5.97 Å². The second-order valence-corrected chi connectivity index (χ2v) is 3.38. The molecule has 1 N–H and O–H groups in total. The number of carboxylic acids is 1. The Balaban J connectivity index is 2.94. The molecule has 0 radical (unpaired) electrons. The predicted octanol–water partition coefficient (Wildman–Crippen LogP) is 0.663. The molecule has 0 unspecified atom stereocenters. The van der Waals surface area contributed by atoms with E-state index in [-0.39, 0.29) is 5.69 Å². The number of carboxylic acid groups (broad SMARTS) is 1. The summed E-state index contributed by atoms with van der Waals surface area (Å²) in [7, 11) is 3.84. The molecule has 14 heavy (non-hydrogen) atoms. The van der Waals surface area contributed by atoms with Crippen LogP contribution in [0.25, 0.3) is 0 Å². The van der Waals surface area contributed by atoms with Crippen molar-refractivity contribution in [3.05, 3.63) is 17.5 Å². The van der Waals surface area contributed by atoms with Gasteiger partial charge in [-0.2, -0.15) is 5.10 Å². The molecule has 1 heterocycles. The van der Waals surface area contributed by atoms with E-state index in [1.54, 1.807) is 6.07 Å². The molecular formula is C9H15N3O2. The molecule has 0 aliphatic heterocycles. The summed E-state index contributed by atoms with van der Waals surface area (Å²) < 4.78 is 1.50. The third kappa shape index (κ3) is 2.32. The summed E-state index contributed by atoms with van der Waals surface area (Å²) in [6.07, 6.45) is 0. The Kier molecular flexibility index (Phi) is 3.24. The van der Waals surface area contributed by atoms with Crippen molar-refractivity contribution in [2.75, 3.05) is 14.1 Å². The number of hydrogen-bond acceptors (Lipinski definition) is 3. The van der Waals surface area contributed by atoms with Gasteiger partial charge in [0.25, 0.3) is 0 Å². The molecule has 0 saturated heterocycles. The molecule has 1 aromatic heterocycles. The van der Waals surface area contributed by atoms with Gasteiger partial charge < -0.3 is 10.0 Å². The van der Waals surface area contributed by atoms with Crippen LogP contribution in [0.5, 0.6) is 0 Å². The van der Waals surface area contributed by atoms with E-state index in [2.05, 4.69) is 5.10 Å². The van der Waals surface area contributed by atoms with Crippen LogP contribution in [0.1, 0.15) is 23.1 Å². The highest BCUT2D eigenvalue weighted by atomic mass is 16.4. The molecule has 0 fully saturated rings. The van der Waals surface area contributed by atoms with Gasteiger partial charge in [0.05, 0.1) is 5.69 Å². The largest absolute Gasteiger partial charge is 0.477 e. The zero-order valence-electron chi connectivity index (χ0n) is 8.69. The predicted molar refractivity (Wildman–Crippen MR) is 52.3 cm³/mol. The molecule has 0 aromatic carbocycles. The first kappa shape index (κ1) is 10.7. The third-order valence-corrected chi connectivity index (χ3v) is 1.83. The molecule has 0 saturated carbocycles. The van der Waals surface area contributed by atoms with Gasteiger partial charge >= 0.3 is 5.97 Å². The van der Waals surface area contributed by atoms with Crippen LogP contribution in [0.15, 0.2) is 6.07 Å². The van der Waals surface area contributed by atoms with Crippen molar-refractivity contribution in [2.24, 2.45) is 0 Å². The first-order valence-corrected chi connectivity index (χ1v) is 4.49. The standard InChI is InChI=1S/C9H15N3O2/c1-4-12-8(9(13)14)5-7(10-12)6-11(2)3/h5H,4,6H2,1-3H3,(H,13,14). The van der Waals surface area contributed by atoms with Gasteiger partial charge in [-0.3, -0.25) is 4.68 Å². The summed E-state index contributed by atoms with van der Waals surface area (Å²) >= 11 is 0. The van der Waals surface area contributed by atoms with E-state index in [1.807, 2.05) is 25.9 Å². The zero-order chi connectivity index (χ0) is 10.7. The van der Waals surface area contributed by atoms with E-state index in [9.17, 15) is 4.79 Å². The number of hydrogen-bond donors (Lipinski definition) is 1. The maximum Gasteiger partial charge on any atom is 0.354 e. The third-order valence-electron chi connectivity index (χ3n) is 1.83. The fraction of sp³-hybridized carbons (Fsp3) is 0.556. The van der Waals surface area contributed by atoms with Crippen molar-refractivity contribution in [1.29, 1.82) is 0 Å². The highest BCUT2D eigenvalue weighted by molar-refractivity contribution is 5.85. The van der Waals surface area contributed by atoms with E-state index in [1.165, 1.54) is 4.68 Å². The second kappa shape index (κ2) is 4.23. The molecule has 0 amide bonds. The quantitative estimate of drug-likeness (QED) is 0.770. The number of rotatable bonds is 4. The van der Waals surface area contributed by atoms with Crippen LogP contribution >= 0.6 is 0 Å². The molecule has 0 aliphatic rings. The van der Waals surface area contributed by atoms with Gasteiger partial charge in [-0.1, -0.05) is 0 Å². The van der Waals surface area contributed by atoms with Gasteiger partial charge in [-0.05, 0) is 27.1 Å². The minimum Gasteiger partial charge on any atom is -0.477 e. The first-order chi connectivity index (χ1) is 6.54. The van der Waals surface area contributed by atoms with E-state index in [0.29, 0.717) is 13.1 Å². The summed E-state index contributed by atoms with van der Waals surface area (Å²) in [5.41, 5.74) is 1.04. The van der Waals surface area contributed by atoms with Gasteiger partial charge in [0, 0.05) is 13.1 Å². The number of carbonyl (C=O) groups is 1. The van der Waals surface area contributed by atoms with E-state index in [4.69, 9.17) is 5.11 Å². The van der Waals surface area contributed by atoms with Crippen molar-refractivity contribution in [1.82, 2.24) is 14.7 Å². The molecule has 1 aromatic rings. The zero-order valence-corrected chi connectivity index (χ0v) is 8.69. The topological polar surface area (TPSA) is 58.4 Å². The summed E-state index contributed by atoms with van der Waals surface area (Å²) in [6, 6.07) is 1.62. The number of aryl methyl sites for hydroxylation is 1. The second-order valence-electron chi connectivity index (χ2n) is 3.38. The maximum absolute atomic E-state index is 10.8. The van der Waals surface area contributed by atoms with Crippen LogP contribution in [0, 0.1) is 0 Å². The Labute approximate surface area is 82.9 Å². The lowest BCUT2D eigenvalue weighted by atomic mass is 10.3. The molecule has 78 valence electrons. The summed E-state index contributed by atoms with van der Waals surface area (Å²) in [6.45, 7) is 3.11. The van der Waals surface area contributed by atoms with Gasteiger partial charge in [-0.25, -0.2) is 4.79 Å². The number of aromatic nitrogens is 2. The summed E-state index contributed by atoms with van der Waals surface area (Å²) in [5.74, 6) is -0.927. The number of nitrogens with zero attached hydrogens (tertiary/aromatic N) is 3. The van der Waals surface area contributed by atoms with E-state index in [0.717, 1.165) is 5.69 Å². The monoisotopic (exact) mass is 197 g/mol. The van der Waals surface area contributed by atoms with Crippen molar-refractivity contribution in [3.63, 3.8) is 0 Å². The van der Waals surface area contributed by atoms with Gasteiger partial charge in [-0.15, -0.1) is 0 Å². The molecule has 0 spiro atoms. The van der Waals surface area contributed by atoms with Crippen molar-refractivity contribution >= 4 is 5.97 Å². The van der Waals surface area contributed by atoms with E-state index >= 15 is 0 Å². The fourth-order valence-electron chi connectivity index (χ4n) is 1.28. The Morgan fingerprint density at radius 1 is 1.64 bits per heavy atom. The Morgan fingerprint density at radius 2 is 2.29 bits per heavy atom. The van der Waals surface area contributed by atoms with Crippen LogP contribution in [0.4, 0.5) is 0 Å². The molecular weight excluding hydrogens is 182 g/mol. The lowest BCUT2D eigenvalue weighted by Gasteiger charge is -2.05. The van der Waals surface area contributed by atoms with Gasteiger partial charge in [0.15, 0.2) is 0 Å². The molecule has 0 atom stereocenters. The van der Waals surface area contributed by atoms with Crippen LogP contribution in [0.3, 0.4) is 0 Å². The average molecular weight is 197 g/mol. The van der Waals surface area contributed by atoms with Gasteiger partial charge in [0.1, 0.15) is 5.69 Å². The van der Waals surface area contributed by atoms with Crippen molar-refractivity contribution in [3.8, 4) is 0 Å². The molecule has 1 rings (SSSR count). The molecule has 5 heteroatoms. The Hall–Kier alpha value is -1.36. The Bertz CT molecular complexity index is 331. The minimum absolute atomic E-state index is 0.254. The SMILES string of the molecule is CCn1nc(CN(C)C)cc1C(=O)O. The fourth-order valence-corrected chi connectivity index (χ4v) is 1.28. The highest BCUT2D eigenvalue weighted by Crippen LogP contribution is 2.06. The lowest BCUT2D eigenvalue weighted by molar-refractivity contribution is 0.0683. The van der Waals surface area contributed by atoms with Crippen molar-refractivity contribution in [2.45, 2.75) is 20.0 Å². The normalized spacial score (nSPS) is 10.9. The summed E-state index contributed by atoms with van der Waals surface area (Å²) in [5, 5.41) is 13.1. The maximum atomic E-state index is 10.8. The average Bonchev–Trinajstić information content (AvgIpc) is 2.46. The highest BCUT2D eigenvalue weighted by Gasteiger charge is 2.12.